The maximum Gasteiger partial charge on any atom is 0.239 e. The van der Waals surface area contributed by atoms with Gasteiger partial charge in [-0.3, -0.25) is 9.69 Å². The summed E-state index contributed by atoms with van der Waals surface area (Å²) < 4.78 is 5.48. The van der Waals surface area contributed by atoms with Gasteiger partial charge in [0.2, 0.25) is 5.91 Å². The monoisotopic (exact) mass is 269 g/mol. The molecule has 0 saturated carbocycles. The van der Waals surface area contributed by atoms with Crippen molar-refractivity contribution in [2.45, 2.75) is 51.2 Å². The zero-order valence-corrected chi connectivity index (χ0v) is 12.2. The first kappa shape index (κ1) is 14.8. The minimum atomic E-state index is -0.125. The second kappa shape index (κ2) is 7.22. The molecule has 2 saturated heterocycles. The summed E-state index contributed by atoms with van der Waals surface area (Å²) in [5.74, 6) is 0.102. The molecule has 0 aromatic carbocycles. The first-order valence-electron chi connectivity index (χ1n) is 7.52. The highest BCUT2D eigenvalue weighted by Gasteiger charge is 2.31. The molecular weight excluding hydrogens is 242 g/mol. The molecule has 2 N–H and O–H groups in total. The molecule has 5 nitrogen and oxygen atoms in total. The number of ether oxygens (including phenoxy) is 1. The molecule has 0 radical (unpaired) electrons. The van der Waals surface area contributed by atoms with Crippen LogP contribution >= 0.6 is 0 Å². The van der Waals surface area contributed by atoms with E-state index in [0.717, 1.165) is 26.2 Å². The molecule has 0 aromatic heterocycles. The van der Waals surface area contributed by atoms with E-state index in [4.69, 9.17) is 4.74 Å². The Hall–Kier alpha value is -0.650. The third kappa shape index (κ3) is 4.44. The van der Waals surface area contributed by atoms with Crippen molar-refractivity contribution in [3.8, 4) is 0 Å². The van der Waals surface area contributed by atoms with Crippen LogP contribution in [0, 0.1) is 0 Å². The number of carbonyl (C=O) groups is 1. The van der Waals surface area contributed by atoms with Gasteiger partial charge < -0.3 is 15.4 Å². The van der Waals surface area contributed by atoms with E-state index in [1.54, 1.807) is 0 Å². The zero-order chi connectivity index (χ0) is 13.7. The second-order valence-corrected chi connectivity index (χ2v) is 5.90. The summed E-state index contributed by atoms with van der Waals surface area (Å²) in [4.78, 5) is 14.5. The standard InChI is InChI=1S/C14H27N3O2/c1-11(2)16-14(18)13-10-19-8-7-17(13)9-12-5-3-4-6-15-12/h11-13,15H,3-10H2,1-2H3,(H,16,18). The molecule has 0 bridgehead atoms. The van der Waals surface area contributed by atoms with Gasteiger partial charge in [0.1, 0.15) is 6.04 Å². The van der Waals surface area contributed by atoms with Crippen molar-refractivity contribution in [2.75, 3.05) is 32.8 Å². The van der Waals surface area contributed by atoms with Crippen molar-refractivity contribution in [1.82, 2.24) is 15.5 Å². The van der Waals surface area contributed by atoms with Crippen molar-refractivity contribution in [2.24, 2.45) is 0 Å². The van der Waals surface area contributed by atoms with Crippen LogP contribution in [0.25, 0.3) is 0 Å². The van der Waals surface area contributed by atoms with Crippen molar-refractivity contribution in [1.29, 1.82) is 0 Å². The van der Waals surface area contributed by atoms with Gasteiger partial charge >= 0.3 is 0 Å². The molecule has 0 aromatic rings. The van der Waals surface area contributed by atoms with Crippen LogP contribution in [0.4, 0.5) is 0 Å². The molecular formula is C14H27N3O2. The fraction of sp³-hybridized carbons (Fsp3) is 0.929. The predicted octanol–water partition coefficient (Wildman–Crippen LogP) is 0.354. The number of rotatable bonds is 4. The minimum absolute atomic E-state index is 0.102. The molecule has 2 aliphatic rings. The Labute approximate surface area is 116 Å². The van der Waals surface area contributed by atoms with Crippen molar-refractivity contribution in [3.05, 3.63) is 0 Å². The maximum atomic E-state index is 12.2. The number of hydrogen-bond acceptors (Lipinski definition) is 4. The van der Waals surface area contributed by atoms with Gasteiger partial charge in [-0.05, 0) is 33.2 Å². The van der Waals surface area contributed by atoms with E-state index in [-0.39, 0.29) is 18.0 Å². The maximum absolute atomic E-state index is 12.2. The van der Waals surface area contributed by atoms with Crippen LogP contribution in [-0.4, -0.2) is 61.8 Å². The van der Waals surface area contributed by atoms with E-state index in [9.17, 15) is 4.79 Å². The highest BCUT2D eigenvalue weighted by atomic mass is 16.5. The molecule has 0 aliphatic carbocycles. The summed E-state index contributed by atoms with van der Waals surface area (Å²) in [6.45, 7) is 8.17. The van der Waals surface area contributed by atoms with Gasteiger partial charge in [0.05, 0.1) is 13.2 Å². The molecule has 110 valence electrons. The third-order valence-corrected chi connectivity index (χ3v) is 3.84. The van der Waals surface area contributed by atoms with Gasteiger partial charge in [-0.25, -0.2) is 0 Å². The lowest BCUT2D eigenvalue weighted by molar-refractivity contribution is -0.133. The Morgan fingerprint density at radius 3 is 3.00 bits per heavy atom. The average Bonchev–Trinajstić information content (AvgIpc) is 2.39. The molecule has 2 rings (SSSR count). The normalized spacial score (nSPS) is 29.4. The van der Waals surface area contributed by atoms with Crippen LogP contribution in [0.2, 0.25) is 0 Å². The van der Waals surface area contributed by atoms with Gasteiger partial charge in [-0.1, -0.05) is 6.42 Å². The quantitative estimate of drug-likeness (QED) is 0.773. The third-order valence-electron chi connectivity index (χ3n) is 3.84. The van der Waals surface area contributed by atoms with Crippen molar-refractivity contribution >= 4 is 5.91 Å². The van der Waals surface area contributed by atoms with Crippen LogP contribution < -0.4 is 10.6 Å². The average molecular weight is 269 g/mol. The van der Waals surface area contributed by atoms with Gasteiger partial charge in [-0.2, -0.15) is 0 Å². The first-order valence-corrected chi connectivity index (χ1v) is 7.52. The largest absolute Gasteiger partial charge is 0.378 e. The zero-order valence-electron chi connectivity index (χ0n) is 12.2. The van der Waals surface area contributed by atoms with E-state index in [1.807, 2.05) is 13.8 Å². The fourth-order valence-corrected chi connectivity index (χ4v) is 2.84. The molecule has 2 aliphatic heterocycles. The lowest BCUT2D eigenvalue weighted by Crippen LogP contribution is -2.58. The number of piperidine rings is 1. The number of amides is 1. The molecule has 19 heavy (non-hydrogen) atoms. The van der Waals surface area contributed by atoms with Crippen LogP contribution in [0.3, 0.4) is 0 Å². The number of morpholine rings is 1. The Kier molecular flexibility index (Phi) is 5.60. The summed E-state index contributed by atoms with van der Waals surface area (Å²) in [7, 11) is 0. The molecule has 0 spiro atoms. The van der Waals surface area contributed by atoms with Crippen molar-refractivity contribution < 1.29 is 9.53 Å². The SMILES string of the molecule is CC(C)NC(=O)C1COCCN1CC1CCCCN1. The van der Waals surface area contributed by atoms with Crippen LogP contribution in [-0.2, 0) is 9.53 Å². The Balaban J connectivity index is 1.89. The smallest absolute Gasteiger partial charge is 0.239 e. The molecule has 2 unspecified atom stereocenters. The first-order chi connectivity index (χ1) is 9.16. The Morgan fingerprint density at radius 1 is 1.47 bits per heavy atom. The van der Waals surface area contributed by atoms with E-state index >= 15 is 0 Å². The molecule has 2 atom stereocenters. The summed E-state index contributed by atoms with van der Waals surface area (Å²) in [6.07, 6.45) is 3.79. The Bertz CT molecular complexity index is 290. The lowest BCUT2D eigenvalue weighted by atomic mass is 10.0. The summed E-state index contributed by atoms with van der Waals surface area (Å²) in [6, 6.07) is 0.588. The van der Waals surface area contributed by atoms with Crippen LogP contribution in [0.1, 0.15) is 33.1 Å². The summed E-state index contributed by atoms with van der Waals surface area (Å²) >= 11 is 0. The number of nitrogens with zero attached hydrogens (tertiary/aromatic N) is 1. The summed E-state index contributed by atoms with van der Waals surface area (Å²) in [5, 5.41) is 6.55. The number of hydrogen-bond donors (Lipinski definition) is 2. The number of nitrogens with one attached hydrogen (secondary N) is 2. The van der Waals surface area contributed by atoms with E-state index in [2.05, 4.69) is 15.5 Å². The minimum Gasteiger partial charge on any atom is -0.378 e. The van der Waals surface area contributed by atoms with Gasteiger partial charge in [-0.15, -0.1) is 0 Å². The van der Waals surface area contributed by atoms with Crippen molar-refractivity contribution in [3.63, 3.8) is 0 Å². The second-order valence-electron chi connectivity index (χ2n) is 5.90. The Morgan fingerprint density at radius 2 is 2.32 bits per heavy atom. The molecule has 2 fully saturated rings. The van der Waals surface area contributed by atoms with Crippen LogP contribution in [0.15, 0.2) is 0 Å². The van der Waals surface area contributed by atoms with Gasteiger partial charge in [0, 0.05) is 25.2 Å². The van der Waals surface area contributed by atoms with E-state index < -0.39 is 0 Å². The fourth-order valence-electron chi connectivity index (χ4n) is 2.84. The topological polar surface area (TPSA) is 53.6 Å². The van der Waals surface area contributed by atoms with E-state index in [1.165, 1.54) is 19.3 Å². The lowest BCUT2D eigenvalue weighted by Gasteiger charge is -2.38. The highest BCUT2D eigenvalue weighted by Crippen LogP contribution is 2.13. The highest BCUT2D eigenvalue weighted by molar-refractivity contribution is 5.82. The van der Waals surface area contributed by atoms with Crippen LogP contribution in [0.5, 0.6) is 0 Å². The molecule has 5 heteroatoms. The molecule has 1 amide bonds. The predicted molar refractivity (Wildman–Crippen MR) is 75.1 cm³/mol. The van der Waals surface area contributed by atoms with Gasteiger partial charge in [0.15, 0.2) is 0 Å². The molecule has 2 heterocycles. The van der Waals surface area contributed by atoms with E-state index in [0.29, 0.717) is 12.6 Å². The summed E-state index contributed by atoms with van der Waals surface area (Å²) in [5.41, 5.74) is 0. The van der Waals surface area contributed by atoms with Gasteiger partial charge in [0.25, 0.3) is 0 Å². The number of carbonyl (C=O) groups excluding carboxylic acids is 1.